The normalized spacial score (nSPS) is 11.1. The van der Waals surface area contributed by atoms with Gasteiger partial charge in [0, 0.05) is 11.3 Å². The zero-order valence-corrected chi connectivity index (χ0v) is 9.78. The molecular formula is C12H16N2O2. The van der Waals surface area contributed by atoms with Crippen molar-refractivity contribution in [3.05, 3.63) is 29.8 Å². The minimum absolute atomic E-state index is 0.213. The third-order valence-corrected chi connectivity index (χ3v) is 2.21. The molecule has 0 heterocycles. The van der Waals surface area contributed by atoms with Gasteiger partial charge in [-0.3, -0.25) is 4.79 Å². The quantitative estimate of drug-likeness (QED) is 0.624. The fourth-order valence-corrected chi connectivity index (χ4v) is 1.03. The largest absolute Gasteiger partial charge is 0.497 e. The number of hydrogen-bond acceptors (Lipinski definition) is 3. The lowest BCUT2D eigenvalue weighted by atomic mass is 10.2. The lowest BCUT2D eigenvalue weighted by Gasteiger charge is -2.02. The van der Waals surface area contributed by atoms with Crippen LogP contribution in [0.4, 0.5) is 0 Å². The van der Waals surface area contributed by atoms with Gasteiger partial charge in [-0.05, 0) is 37.6 Å². The standard InChI is InChI=1S/C12H16N2O2/c1-4-9(2)13-14-12(15)10-5-7-11(16-3)8-6-10/h5-8H,4H2,1-3H3,(H,14,15). The Balaban J connectivity index is 2.66. The summed E-state index contributed by atoms with van der Waals surface area (Å²) in [6.45, 7) is 3.85. The molecule has 0 bridgehead atoms. The molecule has 1 aromatic carbocycles. The van der Waals surface area contributed by atoms with Gasteiger partial charge >= 0.3 is 0 Å². The number of benzene rings is 1. The summed E-state index contributed by atoms with van der Waals surface area (Å²) in [5, 5.41) is 3.95. The van der Waals surface area contributed by atoms with Crippen LogP contribution in [0, 0.1) is 0 Å². The summed E-state index contributed by atoms with van der Waals surface area (Å²) in [6.07, 6.45) is 0.822. The number of nitrogens with zero attached hydrogens (tertiary/aromatic N) is 1. The fourth-order valence-electron chi connectivity index (χ4n) is 1.03. The topological polar surface area (TPSA) is 50.7 Å². The van der Waals surface area contributed by atoms with Gasteiger partial charge in [-0.15, -0.1) is 0 Å². The monoisotopic (exact) mass is 220 g/mol. The molecule has 16 heavy (non-hydrogen) atoms. The summed E-state index contributed by atoms with van der Waals surface area (Å²) in [4.78, 5) is 11.6. The number of carbonyl (C=O) groups is 1. The Morgan fingerprint density at radius 2 is 2.00 bits per heavy atom. The maximum Gasteiger partial charge on any atom is 0.271 e. The summed E-state index contributed by atoms with van der Waals surface area (Å²) in [7, 11) is 1.59. The average molecular weight is 220 g/mol. The first-order valence-corrected chi connectivity index (χ1v) is 5.15. The van der Waals surface area contributed by atoms with E-state index in [1.807, 2.05) is 13.8 Å². The molecule has 1 N–H and O–H groups in total. The van der Waals surface area contributed by atoms with Crippen LogP contribution in [0.5, 0.6) is 5.75 Å². The smallest absolute Gasteiger partial charge is 0.271 e. The Morgan fingerprint density at radius 3 is 2.50 bits per heavy atom. The summed E-state index contributed by atoms with van der Waals surface area (Å²) in [6, 6.07) is 6.88. The summed E-state index contributed by atoms with van der Waals surface area (Å²) < 4.78 is 5.01. The van der Waals surface area contributed by atoms with Gasteiger partial charge in [-0.2, -0.15) is 5.10 Å². The van der Waals surface area contributed by atoms with Crippen LogP contribution in [0.15, 0.2) is 29.4 Å². The van der Waals surface area contributed by atoms with E-state index in [1.165, 1.54) is 0 Å². The highest BCUT2D eigenvalue weighted by molar-refractivity contribution is 5.95. The lowest BCUT2D eigenvalue weighted by molar-refractivity contribution is 0.0954. The molecule has 0 aliphatic rings. The molecule has 86 valence electrons. The van der Waals surface area contributed by atoms with E-state index < -0.39 is 0 Å². The Bertz CT molecular complexity index is 383. The number of hydrogen-bond donors (Lipinski definition) is 1. The van der Waals surface area contributed by atoms with E-state index in [4.69, 9.17) is 4.74 Å². The molecule has 0 saturated carbocycles. The van der Waals surface area contributed by atoms with Crippen molar-refractivity contribution in [1.29, 1.82) is 0 Å². The first-order chi connectivity index (χ1) is 7.67. The van der Waals surface area contributed by atoms with Crippen LogP contribution in [-0.2, 0) is 0 Å². The Kier molecular flexibility index (Phi) is 4.51. The van der Waals surface area contributed by atoms with Crippen molar-refractivity contribution in [2.24, 2.45) is 5.10 Å². The van der Waals surface area contributed by atoms with Crippen molar-refractivity contribution in [3.63, 3.8) is 0 Å². The molecule has 0 radical (unpaired) electrons. The van der Waals surface area contributed by atoms with Crippen LogP contribution < -0.4 is 10.2 Å². The van der Waals surface area contributed by atoms with Crippen molar-refractivity contribution >= 4 is 11.6 Å². The van der Waals surface area contributed by atoms with Gasteiger partial charge in [0.15, 0.2) is 0 Å². The maximum atomic E-state index is 11.6. The fraction of sp³-hybridized carbons (Fsp3) is 0.333. The lowest BCUT2D eigenvalue weighted by Crippen LogP contribution is -2.18. The number of ether oxygens (including phenoxy) is 1. The second-order valence-electron chi connectivity index (χ2n) is 3.37. The van der Waals surface area contributed by atoms with Gasteiger partial charge in [0.2, 0.25) is 0 Å². The van der Waals surface area contributed by atoms with E-state index in [1.54, 1.807) is 31.4 Å². The summed E-state index contributed by atoms with van der Waals surface area (Å²) >= 11 is 0. The molecule has 0 atom stereocenters. The Hall–Kier alpha value is -1.84. The highest BCUT2D eigenvalue weighted by atomic mass is 16.5. The predicted molar refractivity (Wildman–Crippen MR) is 63.9 cm³/mol. The highest BCUT2D eigenvalue weighted by Crippen LogP contribution is 2.10. The van der Waals surface area contributed by atoms with Gasteiger partial charge in [0.25, 0.3) is 5.91 Å². The molecule has 4 heteroatoms. The molecule has 0 fully saturated rings. The van der Waals surface area contributed by atoms with E-state index in [9.17, 15) is 4.79 Å². The van der Waals surface area contributed by atoms with Gasteiger partial charge in [0.1, 0.15) is 5.75 Å². The first-order valence-electron chi connectivity index (χ1n) is 5.15. The molecule has 1 amide bonds. The maximum absolute atomic E-state index is 11.6. The number of hydrazone groups is 1. The molecule has 0 aliphatic heterocycles. The molecule has 0 aromatic heterocycles. The zero-order valence-electron chi connectivity index (χ0n) is 9.78. The third kappa shape index (κ3) is 3.38. The van der Waals surface area contributed by atoms with Gasteiger partial charge in [0.05, 0.1) is 7.11 Å². The number of carbonyl (C=O) groups excluding carboxylic acids is 1. The van der Waals surface area contributed by atoms with Crippen LogP contribution in [0.3, 0.4) is 0 Å². The zero-order chi connectivity index (χ0) is 12.0. The van der Waals surface area contributed by atoms with Crippen LogP contribution in [0.25, 0.3) is 0 Å². The molecule has 0 unspecified atom stereocenters. The van der Waals surface area contributed by atoms with E-state index in [2.05, 4.69) is 10.5 Å². The van der Waals surface area contributed by atoms with Crippen LogP contribution in [0.1, 0.15) is 30.6 Å². The van der Waals surface area contributed by atoms with Crippen molar-refractivity contribution < 1.29 is 9.53 Å². The van der Waals surface area contributed by atoms with Crippen molar-refractivity contribution in [2.45, 2.75) is 20.3 Å². The van der Waals surface area contributed by atoms with Gasteiger partial charge in [-0.25, -0.2) is 5.43 Å². The molecule has 1 aromatic rings. The van der Waals surface area contributed by atoms with E-state index >= 15 is 0 Å². The summed E-state index contributed by atoms with van der Waals surface area (Å²) in [5.74, 6) is 0.514. The third-order valence-electron chi connectivity index (χ3n) is 2.21. The van der Waals surface area contributed by atoms with Crippen LogP contribution in [-0.4, -0.2) is 18.7 Å². The van der Waals surface area contributed by atoms with Gasteiger partial charge in [-0.1, -0.05) is 6.92 Å². The second-order valence-corrected chi connectivity index (χ2v) is 3.37. The first kappa shape index (κ1) is 12.2. The molecule has 4 nitrogen and oxygen atoms in total. The number of rotatable bonds is 4. The van der Waals surface area contributed by atoms with Gasteiger partial charge < -0.3 is 4.74 Å². The SMILES string of the molecule is CCC(C)=NNC(=O)c1ccc(OC)cc1. The van der Waals surface area contributed by atoms with Crippen LogP contribution in [0.2, 0.25) is 0 Å². The van der Waals surface area contributed by atoms with Crippen molar-refractivity contribution in [3.8, 4) is 5.75 Å². The molecular weight excluding hydrogens is 204 g/mol. The van der Waals surface area contributed by atoms with Crippen LogP contribution >= 0.6 is 0 Å². The molecule has 0 saturated heterocycles. The number of nitrogens with one attached hydrogen (secondary N) is 1. The Labute approximate surface area is 95.3 Å². The Morgan fingerprint density at radius 1 is 1.38 bits per heavy atom. The summed E-state index contributed by atoms with van der Waals surface area (Å²) in [5.41, 5.74) is 3.95. The average Bonchev–Trinajstić information content (AvgIpc) is 2.35. The number of methoxy groups -OCH3 is 1. The molecule has 1 rings (SSSR count). The van der Waals surface area contributed by atoms with E-state index in [0.29, 0.717) is 5.56 Å². The minimum Gasteiger partial charge on any atom is -0.497 e. The predicted octanol–water partition coefficient (Wildman–Crippen LogP) is 2.21. The van der Waals surface area contributed by atoms with Crippen molar-refractivity contribution in [1.82, 2.24) is 5.43 Å². The molecule has 0 spiro atoms. The minimum atomic E-state index is -0.213. The highest BCUT2D eigenvalue weighted by Gasteiger charge is 2.03. The molecule has 0 aliphatic carbocycles. The second kappa shape index (κ2) is 5.90. The van der Waals surface area contributed by atoms with Crippen molar-refractivity contribution in [2.75, 3.05) is 7.11 Å². The number of amides is 1. The van der Waals surface area contributed by atoms with E-state index in [-0.39, 0.29) is 5.91 Å². The van der Waals surface area contributed by atoms with E-state index in [0.717, 1.165) is 17.9 Å².